The molecule has 150 valence electrons. The molecule has 3 aromatic rings. The number of pyridine rings is 1. The van der Waals surface area contributed by atoms with Crippen LogP contribution in [-0.4, -0.2) is 63.6 Å². The topological polar surface area (TPSA) is 84.6 Å². The highest BCUT2D eigenvalue weighted by Gasteiger charge is 2.21. The summed E-state index contributed by atoms with van der Waals surface area (Å²) in [5.41, 5.74) is 2.06. The first-order chi connectivity index (χ1) is 14.3. The van der Waals surface area contributed by atoms with Crippen molar-refractivity contribution in [2.24, 2.45) is 0 Å². The van der Waals surface area contributed by atoms with Crippen molar-refractivity contribution in [3.8, 4) is 11.4 Å². The van der Waals surface area contributed by atoms with Gasteiger partial charge in [-0.05, 0) is 17.7 Å². The molecule has 8 nitrogen and oxygen atoms in total. The van der Waals surface area contributed by atoms with Gasteiger partial charge in [-0.3, -0.25) is 14.7 Å². The first-order valence-corrected chi connectivity index (χ1v) is 9.63. The van der Waals surface area contributed by atoms with Gasteiger partial charge in [0.05, 0.1) is 0 Å². The van der Waals surface area contributed by atoms with Crippen LogP contribution < -0.4 is 0 Å². The molecule has 3 heterocycles. The second-order valence-electron chi connectivity index (χ2n) is 6.89. The standard InChI is InChI=1S/C21H23N5O3/c27-20(26-11-9-25(10-12-26)14-17-5-2-1-3-6-17)16-28-15-19-23-21(24-29-19)18-7-4-8-22-13-18/h1-8,13H,9-12,14-16H2. The first kappa shape index (κ1) is 19.2. The Morgan fingerprint density at radius 2 is 1.90 bits per heavy atom. The van der Waals surface area contributed by atoms with Crippen molar-refractivity contribution in [1.29, 1.82) is 0 Å². The molecule has 1 aliphatic heterocycles. The zero-order valence-corrected chi connectivity index (χ0v) is 16.1. The zero-order chi connectivity index (χ0) is 19.9. The SMILES string of the molecule is O=C(COCc1nc(-c2cccnc2)no1)N1CCN(Cc2ccccc2)CC1. The molecule has 4 rings (SSSR count). The highest BCUT2D eigenvalue weighted by atomic mass is 16.5. The molecule has 1 saturated heterocycles. The van der Waals surface area contributed by atoms with Crippen LogP contribution in [0, 0.1) is 0 Å². The van der Waals surface area contributed by atoms with Crippen LogP contribution in [0.3, 0.4) is 0 Å². The monoisotopic (exact) mass is 393 g/mol. The fourth-order valence-corrected chi connectivity index (χ4v) is 3.24. The van der Waals surface area contributed by atoms with Gasteiger partial charge < -0.3 is 14.2 Å². The summed E-state index contributed by atoms with van der Waals surface area (Å²) in [6, 6.07) is 14.0. The molecule has 1 amide bonds. The Morgan fingerprint density at radius 1 is 1.07 bits per heavy atom. The summed E-state index contributed by atoms with van der Waals surface area (Å²) in [6.07, 6.45) is 3.34. The predicted octanol–water partition coefficient (Wildman–Crippen LogP) is 1.99. The van der Waals surface area contributed by atoms with Crippen molar-refractivity contribution in [2.75, 3.05) is 32.8 Å². The van der Waals surface area contributed by atoms with Crippen LogP contribution in [0.15, 0.2) is 59.4 Å². The van der Waals surface area contributed by atoms with Crippen LogP contribution in [0.4, 0.5) is 0 Å². The maximum Gasteiger partial charge on any atom is 0.252 e. The average molecular weight is 393 g/mol. The van der Waals surface area contributed by atoms with E-state index in [9.17, 15) is 4.79 Å². The summed E-state index contributed by atoms with van der Waals surface area (Å²) in [5, 5.41) is 3.91. The Balaban J connectivity index is 1.18. The molecule has 29 heavy (non-hydrogen) atoms. The molecular weight excluding hydrogens is 370 g/mol. The molecule has 0 bridgehead atoms. The van der Waals surface area contributed by atoms with Crippen LogP contribution in [0.25, 0.3) is 11.4 Å². The second-order valence-corrected chi connectivity index (χ2v) is 6.89. The van der Waals surface area contributed by atoms with E-state index in [2.05, 4.69) is 44.3 Å². The fourth-order valence-electron chi connectivity index (χ4n) is 3.24. The largest absolute Gasteiger partial charge is 0.362 e. The number of hydrogen-bond donors (Lipinski definition) is 0. The Labute approximate surface area is 169 Å². The minimum absolute atomic E-state index is 0.00327. The molecule has 0 spiro atoms. The fraction of sp³-hybridized carbons (Fsp3) is 0.333. The highest BCUT2D eigenvalue weighted by molar-refractivity contribution is 5.77. The van der Waals surface area contributed by atoms with Gasteiger partial charge in [0.25, 0.3) is 5.89 Å². The first-order valence-electron chi connectivity index (χ1n) is 9.63. The van der Waals surface area contributed by atoms with Gasteiger partial charge in [0, 0.05) is 50.7 Å². The van der Waals surface area contributed by atoms with E-state index in [1.807, 2.05) is 17.0 Å². The van der Waals surface area contributed by atoms with Crippen LogP contribution >= 0.6 is 0 Å². The van der Waals surface area contributed by atoms with Crippen molar-refractivity contribution in [3.05, 3.63) is 66.3 Å². The molecule has 1 fully saturated rings. The number of rotatable bonds is 7. The summed E-state index contributed by atoms with van der Waals surface area (Å²) in [6.45, 7) is 4.16. The molecule has 0 radical (unpaired) electrons. The average Bonchev–Trinajstić information content (AvgIpc) is 3.24. The van der Waals surface area contributed by atoms with Crippen LogP contribution in [0.1, 0.15) is 11.5 Å². The van der Waals surface area contributed by atoms with Crippen molar-refractivity contribution < 1.29 is 14.1 Å². The van der Waals surface area contributed by atoms with E-state index < -0.39 is 0 Å². The van der Waals surface area contributed by atoms with E-state index in [-0.39, 0.29) is 19.1 Å². The van der Waals surface area contributed by atoms with Crippen molar-refractivity contribution in [3.63, 3.8) is 0 Å². The van der Waals surface area contributed by atoms with E-state index in [1.54, 1.807) is 18.5 Å². The van der Waals surface area contributed by atoms with Crippen LogP contribution in [0.2, 0.25) is 0 Å². The Morgan fingerprint density at radius 3 is 2.66 bits per heavy atom. The molecule has 0 unspecified atom stereocenters. The zero-order valence-electron chi connectivity index (χ0n) is 16.1. The molecule has 1 aromatic carbocycles. The van der Waals surface area contributed by atoms with Crippen LogP contribution in [0.5, 0.6) is 0 Å². The summed E-state index contributed by atoms with van der Waals surface area (Å²) < 4.78 is 10.7. The molecule has 0 saturated carbocycles. The second kappa shape index (κ2) is 9.40. The number of nitrogens with zero attached hydrogens (tertiary/aromatic N) is 5. The van der Waals surface area contributed by atoms with Crippen molar-refractivity contribution >= 4 is 5.91 Å². The quantitative estimate of drug-likeness (QED) is 0.607. The molecule has 1 aliphatic rings. The molecule has 0 N–H and O–H groups in total. The lowest BCUT2D eigenvalue weighted by molar-refractivity contribution is -0.138. The number of amides is 1. The lowest BCUT2D eigenvalue weighted by atomic mass is 10.2. The minimum atomic E-state index is -0.0173. The highest BCUT2D eigenvalue weighted by Crippen LogP contribution is 2.14. The molecular formula is C21H23N5O3. The molecule has 0 aliphatic carbocycles. The van der Waals surface area contributed by atoms with Crippen molar-refractivity contribution in [1.82, 2.24) is 24.9 Å². The summed E-state index contributed by atoms with van der Waals surface area (Å²) >= 11 is 0. The van der Waals surface area contributed by atoms with Crippen LogP contribution in [-0.2, 0) is 22.7 Å². The van der Waals surface area contributed by atoms with Gasteiger partial charge in [-0.2, -0.15) is 4.98 Å². The maximum absolute atomic E-state index is 12.4. The van der Waals surface area contributed by atoms with Gasteiger partial charge in [0.15, 0.2) is 0 Å². The van der Waals surface area contributed by atoms with E-state index >= 15 is 0 Å². The van der Waals surface area contributed by atoms with E-state index in [0.717, 1.165) is 25.2 Å². The van der Waals surface area contributed by atoms with Gasteiger partial charge >= 0.3 is 0 Å². The Kier molecular flexibility index (Phi) is 6.23. The lowest BCUT2D eigenvalue weighted by Crippen LogP contribution is -2.49. The summed E-state index contributed by atoms with van der Waals surface area (Å²) in [5.74, 6) is 0.776. The van der Waals surface area contributed by atoms with Gasteiger partial charge in [-0.15, -0.1) is 0 Å². The maximum atomic E-state index is 12.4. The third kappa shape index (κ3) is 5.24. The smallest absolute Gasteiger partial charge is 0.252 e. The molecule has 0 atom stereocenters. The van der Waals surface area contributed by atoms with E-state index in [0.29, 0.717) is 24.8 Å². The summed E-state index contributed by atoms with van der Waals surface area (Å²) in [7, 11) is 0. The number of hydrogen-bond acceptors (Lipinski definition) is 7. The lowest BCUT2D eigenvalue weighted by Gasteiger charge is -2.34. The molecule has 8 heteroatoms. The number of ether oxygens (including phenoxy) is 1. The predicted molar refractivity (Wildman–Crippen MR) is 105 cm³/mol. The van der Waals surface area contributed by atoms with Crippen molar-refractivity contribution in [2.45, 2.75) is 13.2 Å². The third-order valence-corrected chi connectivity index (χ3v) is 4.81. The Bertz CT molecular complexity index is 908. The number of piperazine rings is 1. The van der Waals surface area contributed by atoms with Gasteiger partial charge in [0.2, 0.25) is 11.7 Å². The molecule has 2 aromatic heterocycles. The number of benzene rings is 1. The van der Waals surface area contributed by atoms with E-state index in [1.165, 1.54) is 5.56 Å². The number of carbonyl (C=O) groups excluding carboxylic acids is 1. The van der Waals surface area contributed by atoms with Gasteiger partial charge in [-0.25, -0.2) is 0 Å². The third-order valence-electron chi connectivity index (χ3n) is 4.81. The number of carbonyl (C=O) groups is 1. The Hall–Kier alpha value is -3.10. The number of aromatic nitrogens is 3. The van der Waals surface area contributed by atoms with Gasteiger partial charge in [0.1, 0.15) is 13.2 Å². The minimum Gasteiger partial charge on any atom is -0.362 e. The normalized spacial score (nSPS) is 14.8. The van der Waals surface area contributed by atoms with Gasteiger partial charge in [-0.1, -0.05) is 35.5 Å². The summed E-state index contributed by atoms with van der Waals surface area (Å²) in [4.78, 5) is 24.9. The van der Waals surface area contributed by atoms with E-state index in [4.69, 9.17) is 9.26 Å².